The summed E-state index contributed by atoms with van der Waals surface area (Å²) in [5, 5.41) is 10.6. The van der Waals surface area contributed by atoms with Gasteiger partial charge in [-0.25, -0.2) is 9.37 Å². The van der Waals surface area contributed by atoms with Crippen LogP contribution < -0.4 is 0 Å². The lowest BCUT2D eigenvalue weighted by atomic mass is 10.1. The highest BCUT2D eigenvalue weighted by Crippen LogP contribution is 2.18. The van der Waals surface area contributed by atoms with Crippen LogP contribution in [0.25, 0.3) is 5.65 Å². The van der Waals surface area contributed by atoms with Crippen LogP contribution in [0.2, 0.25) is 0 Å². The summed E-state index contributed by atoms with van der Waals surface area (Å²) < 4.78 is 15.2. The number of hydrogen-bond acceptors (Lipinski definition) is 3. The van der Waals surface area contributed by atoms with E-state index in [2.05, 4.69) is 28.1 Å². The predicted molar refractivity (Wildman–Crippen MR) is 96.7 cm³/mol. The average Bonchev–Trinajstić information content (AvgIpc) is 2.98. The Kier molecular flexibility index (Phi) is 5.46. The molecule has 0 aliphatic heterocycles. The molecule has 0 amide bonds. The third kappa shape index (κ3) is 4.44. The zero-order valence-corrected chi connectivity index (χ0v) is 14.6. The van der Waals surface area contributed by atoms with E-state index in [0.29, 0.717) is 19.0 Å². The molecule has 2 heterocycles. The summed E-state index contributed by atoms with van der Waals surface area (Å²) >= 11 is 0. The molecule has 0 aliphatic carbocycles. The number of hydrogen-bond donors (Lipinski definition) is 1. The number of aliphatic hydroxyl groups excluding tert-OH is 1. The van der Waals surface area contributed by atoms with Crippen LogP contribution in [0.1, 0.15) is 31.2 Å². The smallest absolute Gasteiger partial charge is 0.136 e. The van der Waals surface area contributed by atoms with Gasteiger partial charge in [0.15, 0.2) is 0 Å². The van der Waals surface area contributed by atoms with E-state index in [1.807, 2.05) is 30.6 Å². The molecule has 3 aromatic rings. The van der Waals surface area contributed by atoms with Crippen molar-refractivity contribution in [3.8, 4) is 0 Å². The zero-order chi connectivity index (χ0) is 17.8. The SMILES string of the molecule is CC(C)CN(Cc1cnc2ccccn12)CC(O)c1ccc(F)cc1. The van der Waals surface area contributed by atoms with Gasteiger partial charge in [0.25, 0.3) is 0 Å². The van der Waals surface area contributed by atoms with Gasteiger partial charge in [-0.2, -0.15) is 0 Å². The third-order valence-electron chi connectivity index (χ3n) is 4.19. The predicted octanol–water partition coefficient (Wildman–Crippen LogP) is 3.67. The van der Waals surface area contributed by atoms with Gasteiger partial charge >= 0.3 is 0 Å². The van der Waals surface area contributed by atoms with Crippen molar-refractivity contribution in [2.75, 3.05) is 13.1 Å². The molecule has 4 nitrogen and oxygen atoms in total. The Balaban J connectivity index is 1.76. The number of pyridine rings is 1. The molecule has 1 atom stereocenters. The molecule has 1 aromatic carbocycles. The molecular weight excluding hydrogens is 317 g/mol. The summed E-state index contributed by atoms with van der Waals surface area (Å²) in [4.78, 5) is 6.65. The first kappa shape index (κ1) is 17.6. The van der Waals surface area contributed by atoms with Gasteiger partial charge in [0.1, 0.15) is 11.5 Å². The zero-order valence-electron chi connectivity index (χ0n) is 14.6. The minimum Gasteiger partial charge on any atom is -0.387 e. The number of fused-ring (bicyclic) bond motifs is 1. The van der Waals surface area contributed by atoms with Crippen molar-refractivity contribution in [2.45, 2.75) is 26.5 Å². The van der Waals surface area contributed by atoms with E-state index in [1.54, 1.807) is 12.1 Å². The van der Waals surface area contributed by atoms with E-state index in [9.17, 15) is 9.50 Å². The Morgan fingerprint density at radius 3 is 2.60 bits per heavy atom. The molecule has 0 saturated heterocycles. The maximum atomic E-state index is 13.1. The number of rotatable bonds is 7. The van der Waals surface area contributed by atoms with Crippen molar-refractivity contribution >= 4 is 5.65 Å². The second-order valence-corrected chi connectivity index (χ2v) is 6.83. The first-order valence-corrected chi connectivity index (χ1v) is 8.60. The molecule has 0 saturated carbocycles. The summed E-state index contributed by atoms with van der Waals surface area (Å²) in [6.45, 7) is 6.36. The van der Waals surface area contributed by atoms with Crippen LogP contribution in [0.15, 0.2) is 54.9 Å². The molecule has 1 unspecified atom stereocenters. The van der Waals surface area contributed by atoms with Gasteiger partial charge in [0.2, 0.25) is 0 Å². The van der Waals surface area contributed by atoms with Gasteiger partial charge < -0.3 is 9.51 Å². The van der Waals surface area contributed by atoms with Gasteiger partial charge in [-0.3, -0.25) is 4.90 Å². The number of aliphatic hydroxyl groups is 1. The van der Waals surface area contributed by atoms with Crippen molar-refractivity contribution < 1.29 is 9.50 Å². The summed E-state index contributed by atoms with van der Waals surface area (Å²) in [5.74, 6) is 0.181. The molecular formula is C20H24FN3O. The van der Waals surface area contributed by atoms with Crippen LogP contribution in [0.3, 0.4) is 0 Å². The Hall–Kier alpha value is -2.24. The summed E-state index contributed by atoms with van der Waals surface area (Å²) in [6, 6.07) is 12.0. The Labute approximate surface area is 147 Å². The Morgan fingerprint density at radius 1 is 1.12 bits per heavy atom. The van der Waals surface area contributed by atoms with E-state index in [0.717, 1.165) is 23.4 Å². The lowest BCUT2D eigenvalue weighted by Crippen LogP contribution is -2.32. The summed E-state index contributed by atoms with van der Waals surface area (Å²) in [6.07, 6.45) is 3.23. The standard InChI is InChI=1S/C20H24FN3O/c1-15(2)12-23(14-19(25)16-6-8-17(21)9-7-16)13-18-11-22-20-5-3-4-10-24(18)20/h3-11,15,19,25H,12-14H2,1-2H3. The van der Waals surface area contributed by atoms with Gasteiger partial charge in [-0.15, -0.1) is 0 Å². The van der Waals surface area contributed by atoms with Crippen molar-refractivity contribution in [3.63, 3.8) is 0 Å². The molecule has 0 bridgehead atoms. The minimum atomic E-state index is -0.654. The number of aromatic nitrogens is 2. The van der Waals surface area contributed by atoms with E-state index in [-0.39, 0.29) is 5.82 Å². The fraction of sp³-hybridized carbons (Fsp3) is 0.350. The molecule has 1 N–H and O–H groups in total. The van der Waals surface area contributed by atoms with Crippen molar-refractivity contribution in [2.24, 2.45) is 5.92 Å². The highest BCUT2D eigenvalue weighted by Gasteiger charge is 2.17. The van der Waals surface area contributed by atoms with Gasteiger partial charge in [0.05, 0.1) is 18.0 Å². The average molecular weight is 341 g/mol. The molecule has 25 heavy (non-hydrogen) atoms. The monoisotopic (exact) mass is 341 g/mol. The van der Waals surface area contributed by atoms with E-state index in [4.69, 9.17) is 0 Å². The Morgan fingerprint density at radius 2 is 1.88 bits per heavy atom. The first-order chi connectivity index (χ1) is 12.0. The van der Waals surface area contributed by atoms with Crippen LogP contribution in [-0.2, 0) is 6.54 Å². The van der Waals surface area contributed by atoms with Crippen LogP contribution >= 0.6 is 0 Å². The summed E-state index contributed by atoms with van der Waals surface area (Å²) in [5.41, 5.74) is 2.73. The van der Waals surface area contributed by atoms with Crippen LogP contribution in [0.5, 0.6) is 0 Å². The van der Waals surface area contributed by atoms with E-state index in [1.165, 1.54) is 12.1 Å². The first-order valence-electron chi connectivity index (χ1n) is 8.60. The van der Waals surface area contributed by atoms with Crippen LogP contribution in [0.4, 0.5) is 4.39 Å². The highest BCUT2D eigenvalue weighted by molar-refractivity contribution is 5.39. The summed E-state index contributed by atoms with van der Waals surface area (Å²) in [7, 11) is 0. The topological polar surface area (TPSA) is 40.8 Å². The minimum absolute atomic E-state index is 0.291. The van der Waals surface area contributed by atoms with Gasteiger partial charge in [-0.05, 0) is 35.7 Å². The van der Waals surface area contributed by atoms with Crippen molar-refractivity contribution in [1.82, 2.24) is 14.3 Å². The molecule has 0 fully saturated rings. The fourth-order valence-electron chi connectivity index (χ4n) is 3.09. The highest BCUT2D eigenvalue weighted by atomic mass is 19.1. The molecule has 0 aliphatic rings. The largest absolute Gasteiger partial charge is 0.387 e. The molecule has 132 valence electrons. The molecule has 0 radical (unpaired) electrons. The third-order valence-corrected chi connectivity index (χ3v) is 4.19. The molecule has 2 aromatic heterocycles. The van der Waals surface area contributed by atoms with E-state index < -0.39 is 6.10 Å². The van der Waals surface area contributed by atoms with Gasteiger partial charge in [-0.1, -0.05) is 32.0 Å². The number of imidazole rings is 1. The number of nitrogens with zero attached hydrogens (tertiary/aromatic N) is 3. The maximum absolute atomic E-state index is 13.1. The van der Waals surface area contributed by atoms with Crippen molar-refractivity contribution in [1.29, 1.82) is 0 Å². The second-order valence-electron chi connectivity index (χ2n) is 6.83. The lowest BCUT2D eigenvalue weighted by Gasteiger charge is -2.26. The number of halogens is 1. The van der Waals surface area contributed by atoms with Crippen LogP contribution in [-0.4, -0.2) is 32.5 Å². The normalized spacial score (nSPS) is 13.0. The molecule has 5 heteroatoms. The molecule has 3 rings (SSSR count). The quantitative estimate of drug-likeness (QED) is 0.713. The number of benzene rings is 1. The van der Waals surface area contributed by atoms with Crippen molar-refractivity contribution in [3.05, 3.63) is 71.9 Å². The van der Waals surface area contributed by atoms with E-state index >= 15 is 0 Å². The fourth-order valence-corrected chi connectivity index (χ4v) is 3.09. The van der Waals surface area contributed by atoms with Gasteiger partial charge in [0, 0.05) is 25.8 Å². The lowest BCUT2D eigenvalue weighted by molar-refractivity contribution is 0.101. The molecule has 0 spiro atoms. The second kappa shape index (κ2) is 7.76. The maximum Gasteiger partial charge on any atom is 0.136 e. The van der Waals surface area contributed by atoms with Crippen LogP contribution in [0, 0.1) is 11.7 Å². The Bertz CT molecular complexity index is 813.